The first-order valence-corrected chi connectivity index (χ1v) is 10.4. The third-order valence-corrected chi connectivity index (χ3v) is 4.88. The highest BCUT2D eigenvalue weighted by Crippen LogP contribution is 2.25. The summed E-state index contributed by atoms with van der Waals surface area (Å²) in [6, 6.07) is 4.69. The molecule has 0 radical (unpaired) electrons. The molecule has 0 atom stereocenters. The Morgan fingerprint density at radius 3 is 2.56 bits per heavy atom. The molecule has 34 heavy (non-hydrogen) atoms. The maximum absolute atomic E-state index is 14.9. The molecule has 1 fully saturated rings. The molecule has 12 nitrogen and oxygen atoms in total. The van der Waals surface area contributed by atoms with Crippen LogP contribution >= 0.6 is 0 Å². The molecule has 2 aromatic rings. The van der Waals surface area contributed by atoms with Crippen molar-refractivity contribution in [2.24, 2.45) is 16.6 Å². The number of primary amides is 1. The topological polar surface area (TPSA) is 182 Å². The van der Waals surface area contributed by atoms with Crippen LogP contribution in [-0.2, 0) is 21.0 Å². The number of alkyl carbamates (subject to hydrolysis) is 1. The maximum Gasteiger partial charge on any atom is 0.414 e. The number of hydrogen-bond acceptors (Lipinski definition) is 9. The molecule has 13 heteroatoms. The summed E-state index contributed by atoms with van der Waals surface area (Å²) in [6.07, 6.45) is 3.56. The summed E-state index contributed by atoms with van der Waals surface area (Å²) >= 11 is 0. The number of anilines is 1. The number of carbonyl (C=O) groups excluding carboxylic acids is 2. The number of ether oxygens (including phenoxy) is 1. The summed E-state index contributed by atoms with van der Waals surface area (Å²) < 4.78 is 19.8. The van der Waals surface area contributed by atoms with Crippen LogP contribution in [0.25, 0.3) is 11.1 Å². The van der Waals surface area contributed by atoms with Crippen LogP contribution in [0.15, 0.2) is 35.7 Å². The second-order valence-electron chi connectivity index (χ2n) is 7.36. The van der Waals surface area contributed by atoms with Gasteiger partial charge >= 0.3 is 6.09 Å². The van der Waals surface area contributed by atoms with E-state index in [0.29, 0.717) is 37.4 Å². The van der Waals surface area contributed by atoms with Gasteiger partial charge in [-0.15, -0.1) is 0 Å². The number of carbonyl (C=O) groups is 2. The van der Waals surface area contributed by atoms with Gasteiger partial charge in [-0.2, -0.15) is 0 Å². The zero-order chi connectivity index (χ0) is 24.5. The fourth-order valence-electron chi connectivity index (χ4n) is 3.17. The van der Waals surface area contributed by atoms with Crippen LogP contribution in [0, 0.1) is 11.2 Å². The van der Waals surface area contributed by atoms with E-state index in [0.717, 1.165) is 5.71 Å². The summed E-state index contributed by atoms with van der Waals surface area (Å²) in [5.41, 5.74) is 11.9. The second kappa shape index (κ2) is 11.5. The van der Waals surface area contributed by atoms with Crippen molar-refractivity contribution in [1.82, 2.24) is 15.3 Å². The van der Waals surface area contributed by atoms with Gasteiger partial charge in [0.15, 0.2) is 5.96 Å². The van der Waals surface area contributed by atoms with Gasteiger partial charge in [-0.05, 0) is 0 Å². The van der Waals surface area contributed by atoms with Crippen molar-refractivity contribution in [2.75, 3.05) is 24.6 Å². The van der Waals surface area contributed by atoms with Gasteiger partial charge in [0.25, 0.3) is 0 Å². The number of rotatable bonds is 8. The number of oxime groups is 1. The number of aromatic nitrogens is 2. The molecule has 1 aliphatic heterocycles. The summed E-state index contributed by atoms with van der Waals surface area (Å²) in [4.78, 5) is 38.0. The number of piperidine rings is 1. The summed E-state index contributed by atoms with van der Waals surface area (Å²) in [5, 5.41) is 13.0. The number of hydrogen-bond donors (Lipinski definition) is 4. The lowest BCUT2D eigenvalue weighted by Gasteiger charge is -2.27. The standard InChI is InChI=1S/C21H25FN8O4/c22-18-13(12-33-21(32)28-19(24)25)2-1-3-16(18)14-10-26-20(27-11-14)30-7-4-15(5-8-30)29-34-9-6-17(23)31/h1-3,10-11H,4-9,12H2,(H2,23,31)(H4,24,25,28,32). The zero-order valence-corrected chi connectivity index (χ0v) is 18.3. The molecule has 2 heterocycles. The van der Waals surface area contributed by atoms with Gasteiger partial charge in [-0.3, -0.25) is 15.5 Å². The highest BCUT2D eigenvalue weighted by Gasteiger charge is 2.19. The first-order valence-electron chi connectivity index (χ1n) is 10.4. The normalized spacial score (nSPS) is 13.2. The molecule has 1 aromatic carbocycles. The van der Waals surface area contributed by atoms with Crippen molar-refractivity contribution in [3.8, 4) is 11.1 Å². The third kappa shape index (κ3) is 6.85. The Bertz CT molecular complexity index is 1070. The highest BCUT2D eigenvalue weighted by molar-refractivity contribution is 5.91. The van der Waals surface area contributed by atoms with E-state index in [1.807, 2.05) is 10.2 Å². The van der Waals surface area contributed by atoms with E-state index < -0.39 is 23.8 Å². The predicted octanol–water partition coefficient (Wildman–Crippen LogP) is 1.25. The molecular formula is C21H25FN8O4. The van der Waals surface area contributed by atoms with E-state index in [2.05, 4.69) is 15.1 Å². The maximum atomic E-state index is 14.9. The van der Waals surface area contributed by atoms with Gasteiger partial charge in [0.1, 0.15) is 19.0 Å². The summed E-state index contributed by atoms with van der Waals surface area (Å²) in [7, 11) is 0. The first-order chi connectivity index (χ1) is 16.3. The van der Waals surface area contributed by atoms with Crippen LogP contribution in [0.2, 0.25) is 0 Å². The molecule has 1 aromatic heterocycles. The van der Waals surface area contributed by atoms with Gasteiger partial charge < -0.3 is 25.9 Å². The lowest BCUT2D eigenvalue weighted by Crippen LogP contribution is -2.36. The van der Waals surface area contributed by atoms with Crippen molar-refractivity contribution in [3.05, 3.63) is 42.0 Å². The second-order valence-corrected chi connectivity index (χ2v) is 7.36. The molecular weight excluding hydrogens is 447 g/mol. The fraction of sp³-hybridized carbons (Fsp3) is 0.333. The summed E-state index contributed by atoms with van der Waals surface area (Å²) in [5.74, 6) is -1.06. The predicted molar refractivity (Wildman–Crippen MR) is 121 cm³/mol. The molecule has 0 unspecified atom stereocenters. The molecule has 1 saturated heterocycles. The average molecular weight is 472 g/mol. The SMILES string of the molecule is N=C(N)NC(=O)OCc1cccc(-c2cnc(N3CCC(=NOCCC(N)=O)CC3)nc2)c1F. The van der Waals surface area contributed by atoms with Gasteiger partial charge in [0.05, 0.1) is 12.1 Å². The minimum absolute atomic E-state index is 0.120. The minimum Gasteiger partial charge on any atom is -0.444 e. The van der Waals surface area contributed by atoms with Crippen LogP contribution < -0.4 is 21.7 Å². The van der Waals surface area contributed by atoms with Crippen molar-refractivity contribution in [2.45, 2.75) is 25.9 Å². The largest absolute Gasteiger partial charge is 0.444 e. The average Bonchev–Trinajstić information content (AvgIpc) is 2.81. The van der Waals surface area contributed by atoms with E-state index in [1.165, 1.54) is 18.5 Å². The number of guanidine groups is 1. The van der Waals surface area contributed by atoms with Gasteiger partial charge in [-0.1, -0.05) is 23.4 Å². The van der Waals surface area contributed by atoms with E-state index in [9.17, 15) is 14.0 Å². The minimum atomic E-state index is -0.947. The number of nitrogens with two attached hydrogens (primary N) is 2. The van der Waals surface area contributed by atoms with E-state index >= 15 is 0 Å². The Balaban J connectivity index is 1.58. The quantitative estimate of drug-likeness (QED) is 0.191. The number of nitrogens with one attached hydrogen (secondary N) is 2. The van der Waals surface area contributed by atoms with E-state index in [-0.39, 0.29) is 30.8 Å². The summed E-state index contributed by atoms with van der Waals surface area (Å²) in [6.45, 7) is 1.10. The van der Waals surface area contributed by atoms with Crippen molar-refractivity contribution in [1.29, 1.82) is 5.41 Å². The van der Waals surface area contributed by atoms with Crippen LogP contribution in [0.3, 0.4) is 0 Å². The monoisotopic (exact) mass is 472 g/mol. The van der Waals surface area contributed by atoms with E-state index in [1.54, 1.807) is 12.1 Å². The molecule has 0 spiro atoms. The zero-order valence-electron chi connectivity index (χ0n) is 18.3. The molecule has 6 N–H and O–H groups in total. The highest BCUT2D eigenvalue weighted by atomic mass is 19.1. The molecule has 0 saturated carbocycles. The van der Waals surface area contributed by atoms with Crippen molar-refractivity contribution < 1.29 is 23.6 Å². The lowest BCUT2D eigenvalue weighted by molar-refractivity contribution is -0.119. The smallest absolute Gasteiger partial charge is 0.414 e. The van der Waals surface area contributed by atoms with Gasteiger partial charge in [0, 0.05) is 55.0 Å². The Morgan fingerprint density at radius 2 is 1.91 bits per heavy atom. The third-order valence-electron chi connectivity index (χ3n) is 4.88. The van der Waals surface area contributed by atoms with Crippen molar-refractivity contribution >= 4 is 29.6 Å². The van der Waals surface area contributed by atoms with Gasteiger partial charge in [-0.25, -0.2) is 19.2 Å². The molecule has 180 valence electrons. The molecule has 3 rings (SSSR count). The van der Waals surface area contributed by atoms with Crippen LogP contribution in [0.5, 0.6) is 0 Å². The van der Waals surface area contributed by atoms with Crippen LogP contribution in [0.4, 0.5) is 15.1 Å². The molecule has 0 bridgehead atoms. The Hall–Kier alpha value is -4.29. The Morgan fingerprint density at radius 1 is 1.21 bits per heavy atom. The van der Waals surface area contributed by atoms with E-state index in [4.69, 9.17) is 26.5 Å². The van der Waals surface area contributed by atoms with Gasteiger partial charge in [0.2, 0.25) is 11.9 Å². The Labute approximate surface area is 194 Å². The number of halogens is 1. The molecule has 2 amide bonds. The number of amides is 2. The first kappa shape index (κ1) is 24.4. The Kier molecular flexibility index (Phi) is 8.26. The van der Waals surface area contributed by atoms with Crippen molar-refractivity contribution in [3.63, 3.8) is 0 Å². The number of benzene rings is 1. The van der Waals surface area contributed by atoms with Crippen LogP contribution in [0.1, 0.15) is 24.8 Å². The molecule has 1 aliphatic rings. The van der Waals surface area contributed by atoms with Crippen LogP contribution in [-0.4, -0.2) is 53.3 Å². The lowest BCUT2D eigenvalue weighted by atomic mass is 10.1. The fourth-order valence-corrected chi connectivity index (χ4v) is 3.17. The number of nitrogens with zero attached hydrogens (tertiary/aromatic N) is 4. The molecule has 0 aliphatic carbocycles.